The molecule has 2 aromatic heterocycles. The Balaban J connectivity index is 1.72. The summed E-state index contributed by atoms with van der Waals surface area (Å²) < 4.78 is 4.46. The van der Waals surface area contributed by atoms with Gasteiger partial charge in [0.15, 0.2) is 5.16 Å². The molecule has 1 aliphatic rings. The number of aromatic nitrogens is 2. The molecule has 134 valence electrons. The van der Waals surface area contributed by atoms with Crippen LogP contribution in [0.1, 0.15) is 23.8 Å². The number of carbonyl (C=O) groups excluding carboxylic acids is 2. The number of carbonyl (C=O) groups is 2. The standard InChI is InChI=1S/C16H19N3O4S2/c1-8-3-4-9-10(5-8)25-15-13(9)14(22)18-16(19-15)24-7-11(20)17-6-12(21)23-2/h8H,3-7H2,1-2H3,(H,17,20)(H,18,19,22)/t8-/m0/s1. The normalized spacial score (nSPS) is 16.5. The Morgan fingerprint density at radius 2 is 2.28 bits per heavy atom. The second-order valence-electron chi connectivity index (χ2n) is 6.04. The first-order valence-corrected chi connectivity index (χ1v) is 9.79. The number of fused-ring (bicyclic) bond motifs is 3. The van der Waals surface area contributed by atoms with Gasteiger partial charge in [-0.15, -0.1) is 11.3 Å². The van der Waals surface area contributed by atoms with Crippen molar-refractivity contribution < 1.29 is 14.3 Å². The number of esters is 1. The van der Waals surface area contributed by atoms with E-state index in [0.29, 0.717) is 16.5 Å². The van der Waals surface area contributed by atoms with Crippen LogP contribution >= 0.6 is 23.1 Å². The molecule has 2 aromatic rings. The number of thiophene rings is 1. The van der Waals surface area contributed by atoms with E-state index in [-0.39, 0.29) is 23.8 Å². The van der Waals surface area contributed by atoms with Crippen LogP contribution in [0.15, 0.2) is 9.95 Å². The zero-order valence-corrected chi connectivity index (χ0v) is 15.6. The van der Waals surface area contributed by atoms with E-state index < -0.39 is 5.97 Å². The number of thioether (sulfide) groups is 1. The Morgan fingerprint density at radius 1 is 1.48 bits per heavy atom. The molecule has 1 atom stereocenters. The van der Waals surface area contributed by atoms with Gasteiger partial charge in [-0.1, -0.05) is 18.7 Å². The van der Waals surface area contributed by atoms with Crippen molar-refractivity contribution >= 4 is 45.2 Å². The van der Waals surface area contributed by atoms with E-state index >= 15 is 0 Å². The van der Waals surface area contributed by atoms with Gasteiger partial charge in [-0.2, -0.15) is 0 Å². The molecule has 1 aliphatic carbocycles. The zero-order chi connectivity index (χ0) is 18.0. The number of methoxy groups -OCH3 is 1. The highest BCUT2D eigenvalue weighted by molar-refractivity contribution is 7.99. The highest BCUT2D eigenvalue weighted by Crippen LogP contribution is 2.36. The van der Waals surface area contributed by atoms with Gasteiger partial charge < -0.3 is 15.0 Å². The van der Waals surface area contributed by atoms with E-state index in [4.69, 9.17) is 0 Å². The summed E-state index contributed by atoms with van der Waals surface area (Å²) in [6.45, 7) is 2.05. The number of H-pyrrole nitrogens is 1. The number of aryl methyl sites for hydroxylation is 1. The molecular formula is C16H19N3O4S2. The number of nitrogens with one attached hydrogen (secondary N) is 2. The Hall–Kier alpha value is -1.87. The molecule has 25 heavy (non-hydrogen) atoms. The second-order valence-corrected chi connectivity index (χ2v) is 8.09. The summed E-state index contributed by atoms with van der Waals surface area (Å²) in [5, 5.41) is 3.56. The maximum Gasteiger partial charge on any atom is 0.325 e. The number of amides is 1. The third-order valence-electron chi connectivity index (χ3n) is 4.14. The van der Waals surface area contributed by atoms with E-state index in [1.807, 2.05) is 0 Å². The average molecular weight is 381 g/mol. The Labute approximate surface area is 152 Å². The van der Waals surface area contributed by atoms with Crippen LogP contribution in [0.5, 0.6) is 0 Å². The molecule has 0 spiro atoms. The first-order valence-electron chi connectivity index (χ1n) is 7.98. The van der Waals surface area contributed by atoms with Gasteiger partial charge >= 0.3 is 5.97 Å². The van der Waals surface area contributed by atoms with Crippen LogP contribution in [0, 0.1) is 5.92 Å². The molecule has 0 aliphatic heterocycles. The van der Waals surface area contributed by atoms with E-state index in [2.05, 4.69) is 26.9 Å². The Kier molecular flexibility index (Phi) is 5.43. The lowest BCUT2D eigenvalue weighted by atomic mass is 9.89. The lowest BCUT2D eigenvalue weighted by Gasteiger charge is -2.17. The molecule has 0 saturated carbocycles. The van der Waals surface area contributed by atoms with Crippen molar-refractivity contribution in [3.05, 3.63) is 20.8 Å². The molecule has 2 heterocycles. The van der Waals surface area contributed by atoms with Gasteiger partial charge in [-0.05, 0) is 30.7 Å². The van der Waals surface area contributed by atoms with Crippen LogP contribution in [-0.4, -0.2) is 41.3 Å². The molecule has 2 N–H and O–H groups in total. The maximum absolute atomic E-state index is 12.4. The fraction of sp³-hybridized carbons (Fsp3) is 0.500. The van der Waals surface area contributed by atoms with Crippen LogP contribution < -0.4 is 10.9 Å². The van der Waals surface area contributed by atoms with Crippen molar-refractivity contribution in [2.45, 2.75) is 31.3 Å². The summed E-state index contributed by atoms with van der Waals surface area (Å²) in [6.07, 6.45) is 3.01. The molecule has 7 nitrogen and oxygen atoms in total. The van der Waals surface area contributed by atoms with Gasteiger partial charge in [0.25, 0.3) is 5.56 Å². The van der Waals surface area contributed by atoms with Gasteiger partial charge in [0.2, 0.25) is 5.91 Å². The predicted octanol–water partition coefficient (Wildman–Crippen LogP) is 1.49. The monoisotopic (exact) mass is 381 g/mol. The third kappa shape index (κ3) is 4.04. The van der Waals surface area contributed by atoms with E-state index in [0.717, 1.165) is 41.4 Å². The van der Waals surface area contributed by atoms with Crippen LogP contribution in [0.4, 0.5) is 0 Å². The molecule has 1 amide bonds. The van der Waals surface area contributed by atoms with Gasteiger partial charge in [0.05, 0.1) is 18.2 Å². The first kappa shape index (κ1) is 17.9. The molecule has 0 radical (unpaired) electrons. The van der Waals surface area contributed by atoms with Gasteiger partial charge in [0.1, 0.15) is 11.4 Å². The molecule has 0 bridgehead atoms. The lowest BCUT2D eigenvalue weighted by molar-refractivity contribution is -0.140. The molecule has 0 saturated heterocycles. The summed E-state index contributed by atoms with van der Waals surface area (Å²) >= 11 is 2.72. The molecule has 0 fully saturated rings. The highest BCUT2D eigenvalue weighted by Gasteiger charge is 2.23. The summed E-state index contributed by atoms with van der Waals surface area (Å²) in [7, 11) is 1.26. The predicted molar refractivity (Wildman–Crippen MR) is 97.2 cm³/mol. The zero-order valence-electron chi connectivity index (χ0n) is 14.0. The third-order valence-corrected chi connectivity index (χ3v) is 6.16. The topological polar surface area (TPSA) is 101 Å². The van der Waals surface area contributed by atoms with Crippen LogP contribution in [0.3, 0.4) is 0 Å². The molecule has 3 rings (SSSR count). The minimum absolute atomic E-state index is 0.0631. The summed E-state index contributed by atoms with van der Waals surface area (Å²) in [4.78, 5) is 44.4. The summed E-state index contributed by atoms with van der Waals surface area (Å²) in [5.41, 5.74) is 0.994. The second kappa shape index (κ2) is 7.57. The lowest BCUT2D eigenvalue weighted by Crippen LogP contribution is -2.31. The van der Waals surface area contributed by atoms with Crippen molar-refractivity contribution in [2.75, 3.05) is 19.4 Å². The minimum atomic E-state index is -0.510. The SMILES string of the molecule is COC(=O)CNC(=O)CSc1nc2sc3c(c2c(=O)[nH]1)CC[C@H](C)C3. The molecular weight excluding hydrogens is 362 g/mol. The fourth-order valence-corrected chi connectivity index (χ4v) is 4.96. The van der Waals surface area contributed by atoms with E-state index in [1.54, 1.807) is 11.3 Å². The average Bonchev–Trinajstić information content (AvgIpc) is 2.95. The summed E-state index contributed by atoms with van der Waals surface area (Å²) in [6, 6.07) is 0. The van der Waals surface area contributed by atoms with E-state index in [1.165, 1.54) is 12.0 Å². The number of aromatic amines is 1. The number of rotatable bonds is 5. The van der Waals surface area contributed by atoms with Gasteiger partial charge in [0, 0.05) is 4.88 Å². The van der Waals surface area contributed by atoms with Crippen molar-refractivity contribution in [1.29, 1.82) is 0 Å². The molecule has 0 aromatic carbocycles. The molecule has 9 heteroatoms. The van der Waals surface area contributed by atoms with Crippen LogP contribution in [0.2, 0.25) is 0 Å². The number of ether oxygens (including phenoxy) is 1. The number of nitrogens with zero attached hydrogens (tertiary/aromatic N) is 1. The summed E-state index contributed by atoms with van der Waals surface area (Å²) in [5.74, 6) is -0.137. The minimum Gasteiger partial charge on any atom is -0.468 e. The first-order chi connectivity index (χ1) is 12.0. The highest BCUT2D eigenvalue weighted by atomic mass is 32.2. The maximum atomic E-state index is 12.4. The number of hydrogen-bond acceptors (Lipinski definition) is 7. The fourth-order valence-electron chi connectivity index (χ4n) is 2.83. The van der Waals surface area contributed by atoms with Crippen molar-refractivity contribution in [1.82, 2.24) is 15.3 Å². The molecule has 0 unspecified atom stereocenters. The van der Waals surface area contributed by atoms with Gasteiger partial charge in [-0.25, -0.2) is 4.98 Å². The van der Waals surface area contributed by atoms with Crippen molar-refractivity contribution in [2.24, 2.45) is 5.92 Å². The Morgan fingerprint density at radius 3 is 3.04 bits per heavy atom. The van der Waals surface area contributed by atoms with Crippen molar-refractivity contribution in [3.63, 3.8) is 0 Å². The smallest absolute Gasteiger partial charge is 0.325 e. The van der Waals surface area contributed by atoms with Gasteiger partial charge in [-0.3, -0.25) is 14.4 Å². The van der Waals surface area contributed by atoms with E-state index in [9.17, 15) is 14.4 Å². The number of hydrogen-bond donors (Lipinski definition) is 2. The van der Waals surface area contributed by atoms with Crippen LogP contribution in [-0.2, 0) is 27.2 Å². The largest absolute Gasteiger partial charge is 0.468 e. The van der Waals surface area contributed by atoms with Crippen LogP contribution in [0.25, 0.3) is 10.2 Å². The van der Waals surface area contributed by atoms with Crippen molar-refractivity contribution in [3.8, 4) is 0 Å². The quantitative estimate of drug-likeness (QED) is 0.462. The Bertz CT molecular complexity index is 874.